The lowest BCUT2D eigenvalue weighted by molar-refractivity contribution is 0.793. The summed E-state index contributed by atoms with van der Waals surface area (Å²) in [5, 5.41) is 0. The maximum absolute atomic E-state index is 2.30. The lowest BCUT2D eigenvalue weighted by Gasteiger charge is -2.19. The molecular weight excluding hydrogens is 212 g/mol. The van der Waals surface area contributed by atoms with Crippen molar-refractivity contribution < 1.29 is 0 Å². The Balaban J connectivity index is 3.06. The minimum atomic E-state index is 1.22. The Kier molecular flexibility index (Phi) is 5.68. The summed E-state index contributed by atoms with van der Waals surface area (Å²) < 4.78 is 0. The fraction of sp³-hybridized carbons (Fsp3) is 0.467. The Labute approximate surface area is 104 Å². The Morgan fingerprint density at radius 1 is 1.25 bits per heavy atom. The fourth-order valence-corrected chi connectivity index (χ4v) is 2.82. The van der Waals surface area contributed by atoms with E-state index in [0.717, 1.165) is 0 Å². The summed E-state index contributed by atoms with van der Waals surface area (Å²) >= 11 is 1.88. The van der Waals surface area contributed by atoms with Crippen molar-refractivity contribution in [1.82, 2.24) is 0 Å². The van der Waals surface area contributed by atoms with Gasteiger partial charge in [-0.25, -0.2) is 0 Å². The zero-order valence-corrected chi connectivity index (χ0v) is 11.7. The van der Waals surface area contributed by atoms with Crippen molar-refractivity contribution in [3.8, 4) is 0 Å². The predicted molar refractivity (Wildman–Crippen MR) is 76.7 cm³/mol. The molecule has 0 heterocycles. The quantitative estimate of drug-likeness (QED) is 0.642. The van der Waals surface area contributed by atoms with Gasteiger partial charge >= 0.3 is 0 Å². The molecule has 0 saturated carbocycles. The van der Waals surface area contributed by atoms with Gasteiger partial charge in [-0.1, -0.05) is 29.9 Å². The molecule has 0 atom stereocenters. The zero-order valence-electron chi connectivity index (χ0n) is 10.8. The van der Waals surface area contributed by atoms with Crippen LogP contribution in [-0.4, -0.2) is 6.26 Å². The second kappa shape index (κ2) is 6.80. The van der Waals surface area contributed by atoms with E-state index in [1.165, 1.54) is 40.9 Å². The minimum Gasteiger partial charge on any atom is -0.129 e. The van der Waals surface area contributed by atoms with Crippen molar-refractivity contribution in [3.63, 3.8) is 0 Å². The van der Waals surface area contributed by atoms with Gasteiger partial charge in [0.1, 0.15) is 0 Å². The van der Waals surface area contributed by atoms with Gasteiger partial charge in [-0.05, 0) is 57.4 Å². The normalized spacial score (nSPS) is 19.6. The molecule has 1 aliphatic carbocycles. The van der Waals surface area contributed by atoms with Gasteiger partial charge in [-0.2, -0.15) is 0 Å². The summed E-state index contributed by atoms with van der Waals surface area (Å²) in [6.45, 7) is 6.39. The highest BCUT2D eigenvalue weighted by atomic mass is 32.2. The van der Waals surface area contributed by atoms with Crippen molar-refractivity contribution in [2.24, 2.45) is 0 Å². The van der Waals surface area contributed by atoms with E-state index in [9.17, 15) is 0 Å². The maximum Gasteiger partial charge on any atom is 0.0133 e. The van der Waals surface area contributed by atoms with E-state index in [0.29, 0.717) is 0 Å². The van der Waals surface area contributed by atoms with Crippen molar-refractivity contribution in [1.29, 1.82) is 0 Å². The van der Waals surface area contributed by atoms with E-state index >= 15 is 0 Å². The van der Waals surface area contributed by atoms with Crippen LogP contribution >= 0.6 is 11.8 Å². The fourth-order valence-electron chi connectivity index (χ4n) is 1.95. The summed E-state index contributed by atoms with van der Waals surface area (Å²) in [5.74, 6) is 0. The van der Waals surface area contributed by atoms with Crippen LogP contribution in [0.5, 0.6) is 0 Å². The third kappa shape index (κ3) is 3.71. The summed E-state index contributed by atoms with van der Waals surface area (Å²) in [6.07, 6.45) is 14.9. The van der Waals surface area contributed by atoms with Crippen molar-refractivity contribution in [2.75, 3.05) is 6.26 Å². The summed E-state index contributed by atoms with van der Waals surface area (Å²) in [5.41, 5.74) is 4.38. The van der Waals surface area contributed by atoms with Crippen LogP contribution in [-0.2, 0) is 0 Å². The summed E-state index contributed by atoms with van der Waals surface area (Å²) in [7, 11) is 0. The first-order chi connectivity index (χ1) is 7.69. The Morgan fingerprint density at radius 2 is 2.00 bits per heavy atom. The highest BCUT2D eigenvalue weighted by molar-refractivity contribution is 8.02. The van der Waals surface area contributed by atoms with Gasteiger partial charge < -0.3 is 0 Å². The first kappa shape index (κ1) is 13.4. The van der Waals surface area contributed by atoms with E-state index in [4.69, 9.17) is 0 Å². The van der Waals surface area contributed by atoms with Gasteiger partial charge in [0, 0.05) is 4.91 Å². The molecule has 1 heteroatoms. The largest absolute Gasteiger partial charge is 0.129 e. The molecule has 88 valence electrons. The number of thioether (sulfide) groups is 1. The maximum atomic E-state index is 2.30. The average molecular weight is 234 g/mol. The van der Waals surface area contributed by atoms with E-state index < -0.39 is 0 Å². The van der Waals surface area contributed by atoms with Crippen LogP contribution in [0, 0.1) is 0 Å². The first-order valence-corrected chi connectivity index (χ1v) is 7.15. The molecule has 16 heavy (non-hydrogen) atoms. The summed E-state index contributed by atoms with van der Waals surface area (Å²) in [6, 6.07) is 0. The molecule has 0 aromatic heterocycles. The molecule has 0 unspecified atom stereocenters. The molecule has 1 aliphatic rings. The van der Waals surface area contributed by atoms with Crippen LogP contribution < -0.4 is 0 Å². The van der Waals surface area contributed by atoms with Crippen LogP contribution in [0.15, 0.2) is 45.9 Å². The van der Waals surface area contributed by atoms with Gasteiger partial charge in [0.2, 0.25) is 0 Å². The molecule has 0 aromatic carbocycles. The number of allylic oxidation sites excluding steroid dienone is 7. The molecule has 0 N–H and O–H groups in total. The SMILES string of the molecule is C/C=C/C1=C(SC)C(=C/C=C(C)C)/CCC1. The molecule has 0 aliphatic heterocycles. The molecule has 1 rings (SSSR count). The molecule has 0 bridgehead atoms. The Bertz CT molecular complexity index is 350. The van der Waals surface area contributed by atoms with E-state index in [2.05, 4.69) is 51.3 Å². The van der Waals surface area contributed by atoms with Gasteiger partial charge in [-0.3, -0.25) is 0 Å². The van der Waals surface area contributed by atoms with Gasteiger partial charge in [0.15, 0.2) is 0 Å². The zero-order chi connectivity index (χ0) is 12.0. The average Bonchev–Trinajstić information content (AvgIpc) is 2.27. The van der Waals surface area contributed by atoms with Gasteiger partial charge in [-0.15, -0.1) is 11.8 Å². The van der Waals surface area contributed by atoms with Crippen molar-refractivity contribution >= 4 is 11.8 Å². The second-order valence-corrected chi connectivity index (χ2v) is 5.16. The van der Waals surface area contributed by atoms with Crippen LogP contribution in [0.2, 0.25) is 0 Å². The van der Waals surface area contributed by atoms with Gasteiger partial charge in [0.25, 0.3) is 0 Å². The lowest BCUT2D eigenvalue weighted by atomic mass is 9.94. The molecule has 0 radical (unpaired) electrons. The molecule has 0 fully saturated rings. The third-order valence-electron chi connectivity index (χ3n) is 2.67. The van der Waals surface area contributed by atoms with E-state index in [1.807, 2.05) is 11.8 Å². The first-order valence-electron chi connectivity index (χ1n) is 5.93. The highest BCUT2D eigenvalue weighted by Gasteiger charge is 2.14. The number of hydrogen-bond donors (Lipinski definition) is 0. The highest BCUT2D eigenvalue weighted by Crippen LogP contribution is 2.36. The number of hydrogen-bond acceptors (Lipinski definition) is 1. The van der Waals surface area contributed by atoms with Crippen LogP contribution in [0.4, 0.5) is 0 Å². The molecular formula is C15H22S. The predicted octanol–water partition coefficient (Wildman–Crippen LogP) is 5.26. The van der Waals surface area contributed by atoms with Crippen LogP contribution in [0.25, 0.3) is 0 Å². The molecule has 0 amide bonds. The molecule has 0 spiro atoms. The lowest BCUT2D eigenvalue weighted by Crippen LogP contribution is -1.99. The van der Waals surface area contributed by atoms with E-state index in [-0.39, 0.29) is 0 Å². The van der Waals surface area contributed by atoms with Gasteiger partial charge in [0.05, 0.1) is 0 Å². The monoisotopic (exact) mass is 234 g/mol. The van der Waals surface area contributed by atoms with Crippen LogP contribution in [0.3, 0.4) is 0 Å². The van der Waals surface area contributed by atoms with Crippen molar-refractivity contribution in [3.05, 3.63) is 45.9 Å². The number of rotatable bonds is 3. The minimum absolute atomic E-state index is 1.22. The van der Waals surface area contributed by atoms with Crippen LogP contribution in [0.1, 0.15) is 40.0 Å². The third-order valence-corrected chi connectivity index (χ3v) is 3.60. The smallest absolute Gasteiger partial charge is 0.0133 e. The molecule has 0 aromatic rings. The molecule has 0 nitrogen and oxygen atoms in total. The standard InChI is InChI=1S/C15H22S/c1-5-7-13-8-6-9-14(15(13)16-4)11-10-12(2)3/h5,7,10-11H,6,8-9H2,1-4H3/b7-5+,14-11+. The van der Waals surface area contributed by atoms with E-state index in [1.54, 1.807) is 0 Å². The molecule has 0 saturated heterocycles. The Hall–Kier alpha value is -0.690. The topological polar surface area (TPSA) is 0 Å². The Morgan fingerprint density at radius 3 is 2.56 bits per heavy atom. The summed E-state index contributed by atoms with van der Waals surface area (Å²) in [4.78, 5) is 1.49. The van der Waals surface area contributed by atoms with Crippen molar-refractivity contribution in [2.45, 2.75) is 40.0 Å². The second-order valence-electron chi connectivity index (χ2n) is 4.35.